The summed E-state index contributed by atoms with van der Waals surface area (Å²) < 4.78 is 19.1. The molecule has 0 bridgehead atoms. The Hall–Kier alpha value is -0.410. The van der Waals surface area contributed by atoms with E-state index >= 15 is 0 Å². The maximum Gasteiger partial charge on any atom is 0.137 e. The Kier molecular flexibility index (Phi) is 2.16. The minimum Gasteiger partial charge on any atom is -0.373 e. The maximum atomic E-state index is 13.2. The molecule has 0 aliphatic heterocycles. The topological polar surface area (TPSA) is 9.23 Å². The SMILES string of the molecule is COC1(c2cccc(F)c2Br)CC1. The van der Waals surface area contributed by atoms with Gasteiger partial charge in [0.15, 0.2) is 0 Å². The van der Waals surface area contributed by atoms with Gasteiger partial charge in [0.25, 0.3) is 0 Å². The summed E-state index contributed by atoms with van der Waals surface area (Å²) in [5, 5.41) is 0. The molecule has 0 saturated heterocycles. The van der Waals surface area contributed by atoms with E-state index in [9.17, 15) is 4.39 Å². The third-order valence-electron chi connectivity index (χ3n) is 2.54. The van der Waals surface area contributed by atoms with Crippen LogP contribution in [0.1, 0.15) is 18.4 Å². The van der Waals surface area contributed by atoms with Crippen LogP contribution in [0.15, 0.2) is 22.7 Å². The van der Waals surface area contributed by atoms with Crippen LogP contribution >= 0.6 is 15.9 Å². The Morgan fingerprint density at radius 2 is 2.15 bits per heavy atom. The molecule has 2 rings (SSSR count). The van der Waals surface area contributed by atoms with Crippen molar-refractivity contribution < 1.29 is 9.13 Å². The fourth-order valence-electron chi connectivity index (χ4n) is 1.55. The van der Waals surface area contributed by atoms with Crippen LogP contribution in [0.3, 0.4) is 0 Å². The van der Waals surface area contributed by atoms with Gasteiger partial charge in [0, 0.05) is 12.7 Å². The Bertz CT molecular complexity index is 334. The van der Waals surface area contributed by atoms with E-state index in [4.69, 9.17) is 4.74 Å². The summed E-state index contributed by atoms with van der Waals surface area (Å²) in [6.45, 7) is 0. The van der Waals surface area contributed by atoms with Crippen molar-refractivity contribution in [3.8, 4) is 0 Å². The highest BCUT2D eigenvalue weighted by Gasteiger charge is 2.46. The third-order valence-corrected chi connectivity index (χ3v) is 3.34. The first kappa shape index (κ1) is 9.16. The van der Waals surface area contributed by atoms with Gasteiger partial charge in [0.05, 0.1) is 10.1 Å². The molecular formula is C10H10BrFO. The van der Waals surface area contributed by atoms with Crippen LogP contribution in [-0.4, -0.2) is 7.11 Å². The largest absolute Gasteiger partial charge is 0.373 e. The van der Waals surface area contributed by atoms with Crippen molar-refractivity contribution in [3.63, 3.8) is 0 Å². The van der Waals surface area contributed by atoms with Crippen molar-refractivity contribution in [3.05, 3.63) is 34.1 Å². The fourth-order valence-corrected chi connectivity index (χ4v) is 2.18. The summed E-state index contributed by atoms with van der Waals surface area (Å²) in [5.41, 5.74) is 0.705. The average Bonchev–Trinajstić information content (AvgIpc) is 2.90. The average molecular weight is 245 g/mol. The van der Waals surface area contributed by atoms with E-state index in [1.807, 2.05) is 6.07 Å². The molecule has 0 atom stereocenters. The van der Waals surface area contributed by atoms with E-state index in [0.29, 0.717) is 4.47 Å². The van der Waals surface area contributed by atoms with E-state index in [1.165, 1.54) is 6.07 Å². The number of ether oxygens (including phenoxy) is 1. The van der Waals surface area contributed by atoms with Crippen LogP contribution < -0.4 is 0 Å². The van der Waals surface area contributed by atoms with E-state index in [1.54, 1.807) is 13.2 Å². The van der Waals surface area contributed by atoms with Gasteiger partial charge >= 0.3 is 0 Å². The second kappa shape index (κ2) is 3.07. The zero-order chi connectivity index (χ0) is 9.47. The number of rotatable bonds is 2. The van der Waals surface area contributed by atoms with Gasteiger partial charge in [-0.15, -0.1) is 0 Å². The maximum absolute atomic E-state index is 13.2. The monoisotopic (exact) mass is 244 g/mol. The molecule has 1 aromatic carbocycles. The molecule has 1 fully saturated rings. The summed E-state index contributed by atoms with van der Waals surface area (Å²) in [6, 6.07) is 5.07. The molecule has 3 heteroatoms. The van der Waals surface area contributed by atoms with Crippen LogP contribution in [-0.2, 0) is 10.3 Å². The quantitative estimate of drug-likeness (QED) is 0.777. The molecule has 1 saturated carbocycles. The highest BCUT2D eigenvalue weighted by atomic mass is 79.9. The summed E-state index contributed by atoms with van der Waals surface area (Å²) in [4.78, 5) is 0. The molecule has 0 unspecified atom stereocenters. The third kappa shape index (κ3) is 1.40. The van der Waals surface area contributed by atoms with Crippen molar-refractivity contribution in [2.75, 3.05) is 7.11 Å². The van der Waals surface area contributed by atoms with E-state index in [-0.39, 0.29) is 11.4 Å². The summed E-state index contributed by atoms with van der Waals surface area (Å²) in [5.74, 6) is -0.221. The molecule has 0 radical (unpaired) electrons. The predicted molar refractivity (Wildman–Crippen MR) is 52.0 cm³/mol. The van der Waals surface area contributed by atoms with Crippen LogP contribution in [0.2, 0.25) is 0 Å². The van der Waals surface area contributed by atoms with Crippen molar-refractivity contribution in [2.24, 2.45) is 0 Å². The molecule has 0 amide bonds. The van der Waals surface area contributed by atoms with Crippen LogP contribution in [0.5, 0.6) is 0 Å². The summed E-state index contributed by atoms with van der Waals surface area (Å²) in [7, 11) is 1.67. The lowest BCUT2D eigenvalue weighted by Crippen LogP contribution is -2.10. The number of halogens is 2. The van der Waals surface area contributed by atoms with Gasteiger partial charge in [0.1, 0.15) is 5.82 Å². The Morgan fingerprint density at radius 1 is 1.46 bits per heavy atom. The molecular weight excluding hydrogens is 235 g/mol. The standard InChI is InChI=1S/C10H10BrFO/c1-13-10(5-6-10)7-3-2-4-8(12)9(7)11/h2-4H,5-6H2,1H3. The van der Waals surface area contributed by atoms with Gasteiger partial charge in [-0.05, 0) is 34.8 Å². The predicted octanol–water partition coefficient (Wildman–Crippen LogP) is 3.22. The molecule has 0 heterocycles. The molecule has 1 aliphatic rings. The Balaban J connectivity index is 2.46. The zero-order valence-electron chi connectivity index (χ0n) is 7.31. The first-order valence-electron chi connectivity index (χ1n) is 4.19. The van der Waals surface area contributed by atoms with Crippen LogP contribution in [0, 0.1) is 5.82 Å². The number of hydrogen-bond acceptors (Lipinski definition) is 1. The molecule has 70 valence electrons. The normalized spacial score (nSPS) is 18.7. The van der Waals surface area contributed by atoms with E-state index < -0.39 is 0 Å². The number of hydrogen-bond donors (Lipinski definition) is 0. The second-order valence-corrected chi connectivity index (χ2v) is 4.09. The number of benzene rings is 1. The highest BCUT2D eigenvalue weighted by Crippen LogP contribution is 2.51. The minimum absolute atomic E-state index is 0.221. The molecule has 13 heavy (non-hydrogen) atoms. The van der Waals surface area contributed by atoms with Gasteiger partial charge in [0.2, 0.25) is 0 Å². The first-order valence-corrected chi connectivity index (χ1v) is 4.98. The molecule has 1 aliphatic carbocycles. The first-order chi connectivity index (χ1) is 6.19. The summed E-state index contributed by atoms with van der Waals surface area (Å²) >= 11 is 3.24. The lowest BCUT2D eigenvalue weighted by atomic mass is 10.1. The van der Waals surface area contributed by atoms with Crippen LogP contribution in [0.25, 0.3) is 0 Å². The second-order valence-electron chi connectivity index (χ2n) is 3.30. The molecule has 0 spiro atoms. The lowest BCUT2D eigenvalue weighted by molar-refractivity contribution is 0.0780. The summed E-state index contributed by atoms with van der Waals surface area (Å²) in [6.07, 6.45) is 1.96. The Labute approximate surface area is 85.0 Å². The van der Waals surface area contributed by atoms with Crippen molar-refractivity contribution in [2.45, 2.75) is 18.4 Å². The highest BCUT2D eigenvalue weighted by molar-refractivity contribution is 9.10. The van der Waals surface area contributed by atoms with Crippen molar-refractivity contribution in [1.82, 2.24) is 0 Å². The van der Waals surface area contributed by atoms with E-state index in [2.05, 4.69) is 15.9 Å². The van der Waals surface area contributed by atoms with Gasteiger partial charge in [-0.3, -0.25) is 0 Å². The van der Waals surface area contributed by atoms with Crippen molar-refractivity contribution >= 4 is 15.9 Å². The minimum atomic E-state index is -0.221. The van der Waals surface area contributed by atoms with Crippen molar-refractivity contribution in [1.29, 1.82) is 0 Å². The van der Waals surface area contributed by atoms with Gasteiger partial charge in [-0.25, -0.2) is 4.39 Å². The van der Waals surface area contributed by atoms with Crippen LogP contribution in [0.4, 0.5) is 4.39 Å². The lowest BCUT2D eigenvalue weighted by Gasteiger charge is -2.15. The molecule has 1 nitrogen and oxygen atoms in total. The number of methoxy groups -OCH3 is 1. The molecule has 1 aromatic rings. The fraction of sp³-hybridized carbons (Fsp3) is 0.400. The Morgan fingerprint density at radius 3 is 2.69 bits per heavy atom. The van der Waals surface area contributed by atoms with Gasteiger partial charge in [-0.2, -0.15) is 0 Å². The molecule has 0 N–H and O–H groups in total. The van der Waals surface area contributed by atoms with E-state index in [0.717, 1.165) is 18.4 Å². The molecule has 0 aromatic heterocycles. The van der Waals surface area contributed by atoms with Gasteiger partial charge < -0.3 is 4.74 Å². The van der Waals surface area contributed by atoms with Gasteiger partial charge in [-0.1, -0.05) is 12.1 Å². The zero-order valence-corrected chi connectivity index (χ0v) is 8.90. The smallest absolute Gasteiger partial charge is 0.137 e.